The summed E-state index contributed by atoms with van der Waals surface area (Å²) in [5.74, 6) is 1.94. The Morgan fingerprint density at radius 1 is 1.28 bits per heavy atom. The number of hydrogen-bond acceptors (Lipinski definition) is 5. The van der Waals surface area contributed by atoms with Crippen LogP contribution in [-0.2, 0) is 9.53 Å². The molecular weight excluding hydrogens is 318 g/mol. The smallest absolute Gasteiger partial charge is 0.251 e. The second kappa shape index (κ2) is 8.30. The van der Waals surface area contributed by atoms with Crippen molar-refractivity contribution in [2.45, 2.75) is 89.8 Å². The first kappa shape index (κ1) is 18.4. The zero-order chi connectivity index (χ0) is 17.8. The fraction of sp³-hybridized carbons (Fsp3) is 0.842. The van der Waals surface area contributed by atoms with Crippen molar-refractivity contribution < 1.29 is 14.1 Å². The number of carbonyl (C=O) groups is 1. The second-order valence-corrected chi connectivity index (χ2v) is 7.71. The van der Waals surface area contributed by atoms with E-state index in [2.05, 4.69) is 10.1 Å². The van der Waals surface area contributed by atoms with Crippen LogP contribution in [0.25, 0.3) is 0 Å². The molecule has 0 radical (unpaired) electrons. The summed E-state index contributed by atoms with van der Waals surface area (Å²) in [4.78, 5) is 19.4. The predicted octanol–water partition coefficient (Wildman–Crippen LogP) is 3.64. The molecule has 0 unspecified atom stereocenters. The zero-order valence-corrected chi connectivity index (χ0v) is 15.7. The molecule has 0 bridgehead atoms. The van der Waals surface area contributed by atoms with Crippen LogP contribution in [0, 0.1) is 0 Å². The fourth-order valence-electron chi connectivity index (χ4n) is 3.83. The van der Waals surface area contributed by atoms with Crippen molar-refractivity contribution >= 4 is 5.91 Å². The maximum atomic E-state index is 12.9. The van der Waals surface area contributed by atoms with Crippen molar-refractivity contribution in [3.63, 3.8) is 0 Å². The van der Waals surface area contributed by atoms with Gasteiger partial charge in [-0.2, -0.15) is 4.98 Å². The van der Waals surface area contributed by atoms with E-state index in [1.807, 2.05) is 25.7 Å². The average molecular weight is 349 g/mol. The second-order valence-electron chi connectivity index (χ2n) is 7.71. The van der Waals surface area contributed by atoms with Crippen molar-refractivity contribution in [1.82, 2.24) is 15.0 Å². The van der Waals surface area contributed by atoms with Gasteiger partial charge < -0.3 is 14.2 Å². The topological polar surface area (TPSA) is 68.5 Å². The van der Waals surface area contributed by atoms with Crippen LogP contribution in [0.2, 0.25) is 0 Å². The van der Waals surface area contributed by atoms with E-state index >= 15 is 0 Å². The quantitative estimate of drug-likeness (QED) is 0.784. The number of hydrogen-bond donors (Lipinski definition) is 0. The van der Waals surface area contributed by atoms with E-state index in [-0.39, 0.29) is 30.0 Å². The lowest BCUT2D eigenvalue weighted by Crippen LogP contribution is -2.46. The maximum Gasteiger partial charge on any atom is 0.251 e. The number of rotatable bonds is 6. The molecule has 25 heavy (non-hydrogen) atoms. The zero-order valence-electron chi connectivity index (χ0n) is 15.7. The molecule has 1 amide bonds. The van der Waals surface area contributed by atoms with Gasteiger partial charge in [0.2, 0.25) is 5.89 Å². The third-order valence-corrected chi connectivity index (χ3v) is 5.35. The van der Waals surface area contributed by atoms with Gasteiger partial charge in [0.1, 0.15) is 6.10 Å². The molecule has 6 nitrogen and oxygen atoms in total. The number of carbonyl (C=O) groups excluding carboxylic acids is 1. The van der Waals surface area contributed by atoms with E-state index in [4.69, 9.17) is 9.26 Å². The number of aromatic nitrogens is 2. The lowest BCUT2D eigenvalue weighted by Gasteiger charge is -2.34. The summed E-state index contributed by atoms with van der Waals surface area (Å²) in [5, 5.41) is 4.15. The van der Waals surface area contributed by atoms with Gasteiger partial charge >= 0.3 is 0 Å². The van der Waals surface area contributed by atoms with Crippen molar-refractivity contribution in [1.29, 1.82) is 0 Å². The van der Waals surface area contributed by atoms with Gasteiger partial charge in [-0.05, 0) is 32.1 Å². The van der Waals surface area contributed by atoms with Crippen LogP contribution in [0.15, 0.2) is 4.52 Å². The molecule has 2 heterocycles. The van der Waals surface area contributed by atoms with Crippen LogP contribution in [0.3, 0.4) is 0 Å². The number of amides is 1. The van der Waals surface area contributed by atoms with Gasteiger partial charge in [0, 0.05) is 24.9 Å². The Bertz CT molecular complexity index is 566. The van der Waals surface area contributed by atoms with E-state index in [0.717, 1.165) is 44.5 Å². The molecule has 1 aromatic heterocycles. The number of likely N-dealkylation sites (tertiary alicyclic amines) is 1. The molecule has 1 saturated carbocycles. The Kier molecular flexibility index (Phi) is 6.10. The van der Waals surface area contributed by atoms with Crippen LogP contribution >= 0.6 is 0 Å². The van der Waals surface area contributed by atoms with Crippen LogP contribution in [0.1, 0.15) is 89.3 Å². The Morgan fingerprint density at radius 2 is 2.04 bits per heavy atom. The summed E-state index contributed by atoms with van der Waals surface area (Å²) < 4.78 is 11.5. The van der Waals surface area contributed by atoms with E-state index in [1.54, 1.807) is 0 Å². The predicted molar refractivity (Wildman–Crippen MR) is 94.4 cm³/mol. The molecular formula is C19H31N3O3. The first-order valence-electron chi connectivity index (χ1n) is 9.86. The molecule has 1 aliphatic heterocycles. The van der Waals surface area contributed by atoms with Crippen molar-refractivity contribution in [3.8, 4) is 0 Å². The molecule has 140 valence electrons. The molecule has 2 atom stereocenters. The summed E-state index contributed by atoms with van der Waals surface area (Å²) in [7, 11) is 0. The molecule has 2 aliphatic rings. The molecule has 0 spiro atoms. The normalized spacial score (nSPS) is 23.4. The number of nitrogens with zero attached hydrogens (tertiary/aromatic N) is 3. The van der Waals surface area contributed by atoms with Gasteiger partial charge in [-0.25, -0.2) is 0 Å². The van der Waals surface area contributed by atoms with Gasteiger partial charge in [0.25, 0.3) is 5.91 Å². The highest BCUT2D eigenvalue weighted by molar-refractivity contribution is 5.81. The molecule has 1 saturated heterocycles. The van der Waals surface area contributed by atoms with Crippen molar-refractivity contribution in [3.05, 3.63) is 11.7 Å². The third kappa shape index (κ3) is 4.40. The standard InChI is InChI=1S/C19H31N3O3/c1-4-16(24-15-9-5-6-10-15)19(23)22-11-7-8-14(12-22)17-20-18(13(2)3)25-21-17/h13-16H,4-12H2,1-3H3/t14-,16+/m1/s1. The summed E-state index contributed by atoms with van der Waals surface area (Å²) in [5.41, 5.74) is 0. The highest BCUT2D eigenvalue weighted by Crippen LogP contribution is 2.28. The fourth-order valence-corrected chi connectivity index (χ4v) is 3.83. The van der Waals surface area contributed by atoms with Gasteiger partial charge in [0.05, 0.1) is 6.10 Å². The molecule has 0 aromatic carbocycles. The van der Waals surface area contributed by atoms with Crippen LogP contribution < -0.4 is 0 Å². The Hall–Kier alpha value is -1.43. The lowest BCUT2D eigenvalue weighted by atomic mass is 9.96. The minimum absolute atomic E-state index is 0.131. The van der Waals surface area contributed by atoms with E-state index in [0.29, 0.717) is 12.4 Å². The highest BCUT2D eigenvalue weighted by Gasteiger charge is 2.33. The Morgan fingerprint density at radius 3 is 2.68 bits per heavy atom. The first-order valence-corrected chi connectivity index (χ1v) is 9.86. The Labute approximate surface area is 150 Å². The summed E-state index contributed by atoms with van der Waals surface area (Å²) >= 11 is 0. The van der Waals surface area contributed by atoms with E-state index in [9.17, 15) is 4.79 Å². The first-order chi connectivity index (χ1) is 12.1. The molecule has 0 N–H and O–H groups in total. The maximum absolute atomic E-state index is 12.9. The van der Waals surface area contributed by atoms with Gasteiger partial charge in [-0.3, -0.25) is 4.79 Å². The minimum Gasteiger partial charge on any atom is -0.365 e. The number of ether oxygens (including phenoxy) is 1. The van der Waals surface area contributed by atoms with E-state index in [1.165, 1.54) is 12.8 Å². The lowest BCUT2D eigenvalue weighted by molar-refractivity contribution is -0.149. The molecule has 3 rings (SSSR count). The molecule has 2 fully saturated rings. The van der Waals surface area contributed by atoms with Gasteiger partial charge in [0.15, 0.2) is 5.82 Å². The minimum atomic E-state index is -0.307. The summed E-state index contributed by atoms with van der Waals surface area (Å²) in [6.45, 7) is 7.59. The monoisotopic (exact) mass is 349 g/mol. The van der Waals surface area contributed by atoms with Crippen LogP contribution in [0.4, 0.5) is 0 Å². The van der Waals surface area contributed by atoms with Crippen LogP contribution in [0.5, 0.6) is 0 Å². The molecule has 6 heteroatoms. The van der Waals surface area contributed by atoms with Crippen molar-refractivity contribution in [2.24, 2.45) is 0 Å². The third-order valence-electron chi connectivity index (χ3n) is 5.35. The van der Waals surface area contributed by atoms with Crippen molar-refractivity contribution in [2.75, 3.05) is 13.1 Å². The highest BCUT2D eigenvalue weighted by atomic mass is 16.5. The number of piperidine rings is 1. The Balaban J connectivity index is 1.61. The van der Waals surface area contributed by atoms with Gasteiger partial charge in [-0.15, -0.1) is 0 Å². The van der Waals surface area contributed by atoms with E-state index < -0.39 is 0 Å². The molecule has 1 aliphatic carbocycles. The average Bonchev–Trinajstić information content (AvgIpc) is 3.31. The SMILES string of the molecule is CC[C@H](OC1CCCC1)C(=O)N1CCC[C@@H](c2noc(C(C)C)n2)C1. The van der Waals surface area contributed by atoms with Gasteiger partial charge in [-0.1, -0.05) is 38.8 Å². The largest absolute Gasteiger partial charge is 0.365 e. The molecule has 1 aromatic rings. The van der Waals surface area contributed by atoms with Crippen LogP contribution in [-0.4, -0.2) is 46.2 Å². The summed E-state index contributed by atoms with van der Waals surface area (Å²) in [6.07, 6.45) is 7.28. The summed E-state index contributed by atoms with van der Waals surface area (Å²) in [6, 6.07) is 0.